The molecule has 2 heterocycles. The number of hydrogen-bond acceptors (Lipinski definition) is 4. The van der Waals surface area contributed by atoms with Crippen LogP contribution >= 0.6 is 0 Å². The minimum absolute atomic E-state index is 0.300. The van der Waals surface area contributed by atoms with E-state index < -0.39 is 5.60 Å². The van der Waals surface area contributed by atoms with Gasteiger partial charge in [-0.25, -0.2) is 9.78 Å². The first-order chi connectivity index (χ1) is 10.9. The Hall–Kier alpha value is -1.62. The predicted octanol–water partition coefficient (Wildman–Crippen LogP) is 3.44. The molecule has 1 aliphatic heterocycles. The number of nitrogens with zero attached hydrogens (tertiary/aromatic N) is 2. The van der Waals surface area contributed by atoms with Crippen molar-refractivity contribution in [1.29, 1.82) is 0 Å². The predicted molar refractivity (Wildman–Crippen MR) is 92.7 cm³/mol. The van der Waals surface area contributed by atoms with Crippen molar-refractivity contribution in [1.82, 2.24) is 4.98 Å². The lowest BCUT2D eigenvalue weighted by atomic mass is 10.0. The lowest BCUT2D eigenvalue weighted by Gasteiger charge is -2.31. The van der Waals surface area contributed by atoms with Gasteiger partial charge in [-0.1, -0.05) is 12.5 Å². The van der Waals surface area contributed by atoms with Gasteiger partial charge in [-0.05, 0) is 71.0 Å². The highest BCUT2D eigenvalue weighted by molar-refractivity contribution is 5.88. The van der Waals surface area contributed by atoms with Crippen molar-refractivity contribution < 1.29 is 9.53 Å². The van der Waals surface area contributed by atoms with Crippen LogP contribution in [0.5, 0.6) is 0 Å². The summed E-state index contributed by atoms with van der Waals surface area (Å²) in [6.45, 7) is 7.07. The molecule has 0 aromatic carbocycles. The first-order valence-corrected chi connectivity index (χ1v) is 8.60. The van der Waals surface area contributed by atoms with Crippen LogP contribution in [0.2, 0.25) is 0 Å². The van der Waals surface area contributed by atoms with Crippen LogP contribution in [0.25, 0.3) is 0 Å². The number of hydrogen-bond donors (Lipinski definition) is 1. The highest BCUT2D eigenvalue weighted by atomic mass is 16.6. The van der Waals surface area contributed by atoms with Crippen molar-refractivity contribution in [3.63, 3.8) is 0 Å². The summed E-state index contributed by atoms with van der Waals surface area (Å²) >= 11 is 0. The minimum atomic E-state index is -0.492. The summed E-state index contributed by atoms with van der Waals surface area (Å²) in [6, 6.07) is 4.19. The van der Waals surface area contributed by atoms with E-state index in [9.17, 15) is 4.79 Å². The molecule has 0 bridgehead atoms. The Balaban J connectivity index is 2.10. The number of ether oxygens (including phenoxy) is 1. The molecule has 2 rings (SSSR count). The van der Waals surface area contributed by atoms with Gasteiger partial charge in [0.15, 0.2) is 0 Å². The van der Waals surface area contributed by atoms with E-state index in [2.05, 4.69) is 12.1 Å². The molecular weight excluding hydrogens is 290 g/mol. The van der Waals surface area contributed by atoms with Crippen LogP contribution in [0.4, 0.5) is 10.6 Å². The number of aromatic nitrogens is 1. The lowest BCUT2D eigenvalue weighted by molar-refractivity contribution is 0.0576. The largest absolute Gasteiger partial charge is 0.443 e. The molecule has 5 heteroatoms. The van der Waals surface area contributed by atoms with Crippen LogP contribution in [-0.4, -0.2) is 29.8 Å². The molecule has 1 aromatic rings. The van der Waals surface area contributed by atoms with Gasteiger partial charge in [0.05, 0.1) is 0 Å². The second-order valence-electron chi connectivity index (χ2n) is 7.12. The Morgan fingerprint density at radius 3 is 2.78 bits per heavy atom. The lowest BCUT2D eigenvalue weighted by Crippen LogP contribution is -2.40. The standard InChI is InChI=1S/C18H29N3O2/c1-18(2,3)23-17(22)21-13-7-8-14-10-11-15(20-16(14)21)9-5-4-6-12-19/h10-11H,4-9,12-13,19H2,1-3H3. The monoisotopic (exact) mass is 319 g/mol. The van der Waals surface area contributed by atoms with E-state index in [1.165, 1.54) is 0 Å². The Morgan fingerprint density at radius 1 is 1.30 bits per heavy atom. The smallest absolute Gasteiger partial charge is 0.416 e. The molecule has 0 aliphatic carbocycles. The van der Waals surface area contributed by atoms with Gasteiger partial charge in [-0.15, -0.1) is 0 Å². The zero-order valence-electron chi connectivity index (χ0n) is 14.6. The second-order valence-corrected chi connectivity index (χ2v) is 7.12. The maximum absolute atomic E-state index is 12.4. The van der Waals surface area contributed by atoms with E-state index in [-0.39, 0.29) is 6.09 Å². The zero-order chi connectivity index (χ0) is 16.9. The van der Waals surface area contributed by atoms with Crippen LogP contribution in [0.1, 0.15) is 57.7 Å². The SMILES string of the molecule is CC(C)(C)OC(=O)N1CCCc2ccc(CCCCCN)nc21. The average Bonchev–Trinajstić information content (AvgIpc) is 2.49. The van der Waals surface area contributed by atoms with Crippen LogP contribution in [0.3, 0.4) is 0 Å². The summed E-state index contributed by atoms with van der Waals surface area (Å²) in [5.41, 5.74) is 7.21. The number of unbranched alkanes of at least 4 members (excludes halogenated alkanes) is 2. The van der Waals surface area contributed by atoms with E-state index >= 15 is 0 Å². The highest BCUT2D eigenvalue weighted by Gasteiger charge is 2.28. The molecule has 0 saturated heterocycles. The quantitative estimate of drug-likeness (QED) is 0.844. The van der Waals surface area contributed by atoms with Crippen molar-refractivity contribution in [3.8, 4) is 0 Å². The summed E-state index contributed by atoms with van der Waals surface area (Å²) in [5, 5.41) is 0. The molecule has 5 nitrogen and oxygen atoms in total. The van der Waals surface area contributed by atoms with Crippen molar-refractivity contribution in [2.75, 3.05) is 18.0 Å². The van der Waals surface area contributed by atoms with Crippen molar-refractivity contribution in [3.05, 3.63) is 23.4 Å². The summed E-state index contributed by atoms with van der Waals surface area (Å²) in [4.78, 5) is 18.9. The van der Waals surface area contributed by atoms with E-state index in [0.717, 1.165) is 62.1 Å². The van der Waals surface area contributed by atoms with Gasteiger partial charge in [0, 0.05) is 12.2 Å². The highest BCUT2D eigenvalue weighted by Crippen LogP contribution is 2.27. The summed E-state index contributed by atoms with van der Waals surface area (Å²) < 4.78 is 5.52. The van der Waals surface area contributed by atoms with E-state index in [4.69, 9.17) is 15.5 Å². The molecule has 1 amide bonds. The molecule has 128 valence electrons. The Morgan fingerprint density at radius 2 is 2.09 bits per heavy atom. The number of carbonyl (C=O) groups excluding carboxylic acids is 1. The van der Waals surface area contributed by atoms with Crippen molar-refractivity contribution in [2.45, 2.75) is 64.9 Å². The van der Waals surface area contributed by atoms with E-state index in [1.54, 1.807) is 4.90 Å². The number of pyridine rings is 1. The van der Waals surface area contributed by atoms with Crippen LogP contribution in [0, 0.1) is 0 Å². The first-order valence-electron chi connectivity index (χ1n) is 8.60. The van der Waals surface area contributed by atoms with Crippen LogP contribution in [-0.2, 0) is 17.6 Å². The van der Waals surface area contributed by atoms with Crippen molar-refractivity contribution in [2.24, 2.45) is 5.73 Å². The maximum atomic E-state index is 12.4. The fraction of sp³-hybridized carbons (Fsp3) is 0.667. The molecule has 0 saturated carbocycles. The van der Waals surface area contributed by atoms with Crippen LogP contribution in [0.15, 0.2) is 12.1 Å². The van der Waals surface area contributed by atoms with Gasteiger partial charge in [0.25, 0.3) is 0 Å². The van der Waals surface area contributed by atoms with Crippen LogP contribution < -0.4 is 10.6 Å². The van der Waals surface area contributed by atoms with Gasteiger partial charge in [-0.3, -0.25) is 4.90 Å². The normalized spacial score (nSPS) is 14.5. The number of rotatable bonds is 5. The molecule has 0 radical (unpaired) electrons. The van der Waals surface area contributed by atoms with Gasteiger partial charge < -0.3 is 10.5 Å². The Labute approximate surface area is 139 Å². The topological polar surface area (TPSA) is 68.5 Å². The molecule has 23 heavy (non-hydrogen) atoms. The third-order valence-electron chi connectivity index (χ3n) is 3.85. The summed E-state index contributed by atoms with van der Waals surface area (Å²) in [6.07, 6.45) is 5.79. The third-order valence-corrected chi connectivity index (χ3v) is 3.85. The molecule has 0 unspecified atom stereocenters. The number of fused-ring (bicyclic) bond motifs is 1. The van der Waals surface area contributed by atoms with Gasteiger partial charge >= 0.3 is 6.09 Å². The number of aryl methyl sites for hydroxylation is 2. The first kappa shape index (κ1) is 17.7. The summed E-state index contributed by atoms with van der Waals surface area (Å²) in [5.74, 6) is 0.779. The number of nitrogens with two attached hydrogens (primary N) is 1. The zero-order valence-corrected chi connectivity index (χ0v) is 14.6. The molecule has 0 fully saturated rings. The molecule has 1 aromatic heterocycles. The Bertz CT molecular complexity index is 538. The van der Waals surface area contributed by atoms with Gasteiger partial charge in [-0.2, -0.15) is 0 Å². The number of amides is 1. The minimum Gasteiger partial charge on any atom is -0.443 e. The summed E-state index contributed by atoms with van der Waals surface area (Å²) in [7, 11) is 0. The molecular formula is C18H29N3O2. The number of carbonyl (C=O) groups is 1. The second kappa shape index (κ2) is 7.77. The third kappa shape index (κ3) is 5.20. The van der Waals surface area contributed by atoms with Gasteiger partial charge in [0.2, 0.25) is 0 Å². The molecule has 1 aliphatic rings. The molecule has 0 spiro atoms. The van der Waals surface area contributed by atoms with E-state index in [0.29, 0.717) is 6.54 Å². The maximum Gasteiger partial charge on any atom is 0.416 e. The average molecular weight is 319 g/mol. The van der Waals surface area contributed by atoms with E-state index in [1.807, 2.05) is 20.8 Å². The Kier molecular flexibility index (Phi) is 5.99. The molecule has 2 N–H and O–H groups in total. The number of anilines is 1. The van der Waals surface area contributed by atoms with Gasteiger partial charge in [0.1, 0.15) is 11.4 Å². The molecule has 0 atom stereocenters. The fourth-order valence-electron chi connectivity index (χ4n) is 2.74. The fourth-order valence-corrected chi connectivity index (χ4v) is 2.74. The van der Waals surface area contributed by atoms with Crippen molar-refractivity contribution >= 4 is 11.9 Å².